The fraction of sp³-hybridized carbons (Fsp3) is 0.453. The van der Waals surface area contributed by atoms with Gasteiger partial charge >= 0.3 is 30.5 Å². The predicted molar refractivity (Wildman–Crippen MR) is 277 cm³/mol. The fourth-order valence-electron chi connectivity index (χ4n) is 9.84. The number of fused-ring (bicyclic) bond motifs is 2. The van der Waals surface area contributed by atoms with Crippen LogP contribution in [-0.2, 0) is 25.2 Å². The minimum atomic E-state index is -5.44. The lowest BCUT2D eigenvalue weighted by atomic mass is 9.91. The van der Waals surface area contributed by atoms with Crippen LogP contribution in [0.4, 0.5) is 53.0 Å². The summed E-state index contributed by atoms with van der Waals surface area (Å²) >= 11 is 0.540. The third-order valence-corrected chi connectivity index (χ3v) is 13.6. The van der Waals surface area contributed by atoms with Gasteiger partial charge in [0.15, 0.2) is 11.6 Å². The molecule has 24 heteroatoms. The average molecular weight is 1090 g/mol. The molecule has 2 N–H and O–H groups in total. The Morgan fingerprint density at radius 2 is 1.68 bits per heavy atom. The number of nitriles is 1. The Hall–Kier alpha value is -7.20. The predicted octanol–water partition coefficient (Wildman–Crippen LogP) is 11.9. The molecule has 77 heavy (non-hydrogen) atoms. The number of rotatable bonds is 11. The molecular formula is C53H58F5N9O9S. The summed E-state index contributed by atoms with van der Waals surface area (Å²) in [7, 11) is 1.52. The molecule has 0 saturated carbocycles. The number of imide groups is 1. The number of aromatic nitrogens is 3. The molecule has 2 unspecified atom stereocenters. The molecule has 0 spiro atoms. The molecule has 2 aromatic carbocycles. The summed E-state index contributed by atoms with van der Waals surface area (Å²) in [4.78, 5) is 64.1. The van der Waals surface area contributed by atoms with Crippen LogP contribution in [0.1, 0.15) is 104 Å². The maximum Gasteiger partial charge on any atom is 0.425 e. The number of hydrogen-bond acceptors (Lipinski definition) is 17. The zero-order valence-electron chi connectivity index (χ0n) is 44.0. The summed E-state index contributed by atoms with van der Waals surface area (Å²) in [6.45, 7) is 18.9. The highest BCUT2D eigenvalue weighted by Gasteiger charge is 2.48. The number of nitrogens with one attached hydrogen (secondary N) is 2. The van der Waals surface area contributed by atoms with Gasteiger partial charge in [0.25, 0.3) is 0 Å². The topological polar surface area (TPSA) is 203 Å². The summed E-state index contributed by atoms with van der Waals surface area (Å²) in [6.07, 6.45) is -0.772. The van der Waals surface area contributed by atoms with E-state index in [1.54, 1.807) is 62.3 Å². The Labute approximate surface area is 444 Å². The Morgan fingerprint density at radius 3 is 2.30 bits per heavy atom. The molecule has 0 bridgehead atoms. The van der Waals surface area contributed by atoms with Gasteiger partial charge in [-0.2, -0.15) is 38.8 Å². The minimum Gasteiger partial charge on any atom is -0.490 e. The highest BCUT2D eigenvalue weighted by atomic mass is 32.1. The summed E-state index contributed by atoms with van der Waals surface area (Å²) < 4.78 is 111. The maximum absolute atomic E-state index is 18.3. The standard InChI is InChI=1S/C53H58F5N9O9S/c1-12-33(29-15-13-20-60-42(29)67(47(69)75-50(5,6)7)48(70)76-51(8,9)10)66-22-24-72-40-36-39(61-45(62-43(36)66)73-23-19-52-18-14-21-65(52)27-28(25-52)64-71-11)38(55)35(37(40)53(56,57)58)30-16-17-32(54)41-34(30)31(26-59)44(77-41)63-46(68)74-49(2,3)4/h12-13,15-17,19-20,23,28,33,64H,1,14,18,21-22,24-25,27H2,2-11H3,(H,63,68)/b23-19+/t28?,33-,52?/m1/s1. The highest BCUT2D eigenvalue weighted by Crippen LogP contribution is 2.54. The highest BCUT2D eigenvalue weighted by molar-refractivity contribution is 7.23. The first kappa shape index (κ1) is 56.0. The molecule has 8 rings (SSSR count). The Balaban J connectivity index is 1.38. The summed E-state index contributed by atoms with van der Waals surface area (Å²) in [5.74, 6) is -4.18. The van der Waals surface area contributed by atoms with Crippen LogP contribution >= 0.6 is 11.3 Å². The van der Waals surface area contributed by atoms with Crippen molar-refractivity contribution in [2.45, 2.75) is 122 Å². The molecule has 18 nitrogen and oxygen atoms in total. The van der Waals surface area contributed by atoms with E-state index in [9.17, 15) is 19.6 Å². The van der Waals surface area contributed by atoms with Gasteiger partial charge in [-0.1, -0.05) is 18.2 Å². The SMILES string of the molecule is C=C[C@H](c1cccnc1N(C(=O)OC(C)(C)C)C(=O)OC(C)(C)C)N1CCOc2c(C(F)(F)F)c(-c3ccc(F)c4sc(NC(=O)OC(C)(C)C)c(C#N)c34)c(F)c3nc(O/C=C/C45CCCN4CC(NOC)C5)nc1c23. The summed E-state index contributed by atoms with van der Waals surface area (Å²) in [5, 5.41) is 11.6. The maximum atomic E-state index is 18.3. The smallest absolute Gasteiger partial charge is 0.425 e. The number of carbonyl (C=O) groups excluding carboxylic acids is 3. The molecule has 0 aliphatic carbocycles. The lowest BCUT2D eigenvalue weighted by molar-refractivity contribution is -0.138. The molecule has 0 radical (unpaired) electrons. The van der Waals surface area contributed by atoms with Crippen molar-refractivity contribution in [1.29, 1.82) is 5.26 Å². The Morgan fingerprint density at radius 1 is 0.987 bits per heavy atom. The number of pyridine rings is 1. The van der Waals surface area contributed by atoms with E-state index in [-0.39, 0.29) is 39.5 Å². The lowest BCUT2D eigenvalue weighted by Crippen LogP contribution is -2.45. The van der Waals surface area contributed by atoms with Crippen molar-refractivity contribution in [1.82, 2.24) is 25.3 Å². The second-order valence-corrected chi connectivity index (χ2v) is 22.5. The number of carbonyl (C=O) groups is 3. The molecule has 6 heterocycles. The number of nitrogens with zero attached hydrogens (tertiary/aromatic N) is 7. The van der Waals surface area contributed by atoms with Crippen LogP contribution in [-0.4, -0.2) is 99.9 Å². The van der Waals surface area contributed by atoms with Crippen molar-refractivity contribution in [2.24, 2.45) is 0 Å². The van der Waals surface area contributed by atoms with Crippen molar-refractivity contribution in [3.05, 3.63) is 83.8 Å². The van der Waals surface area contributed by atoms with Crippen molar-refractivity contribution >= 4 is 67.2 Å². The monoisotopic (exact) mass is 1090 g/mol. The van der Waals surface area contributed by atoms with E-state index in [4.69, 9.17) is 28.5 Å². The molecule has 3 amide bonds. The Bertz CT molecular complexity index is 3210. The molecule has 410 valence electrons. The molecule has 5 aromatic rings. The number of benzene rings is 2. The summed E-state index contributed by atoms with van der Waals surface area (Å²) in [5.41, 5.74) is -5.31. The molecule has 2 fully saturated rings. The van der Waals surface area contributed by atoms with Crippen LogP contribution in [0.15, 0.2) is 55.5 Å². The van der Waals surface area contributed by atoms with E-state index in [0.29, 0.717) is 29.2 Å². The van der Waals surface area contributed by atoms with Gasteiger partial charge in [0, 0.05) is 40.8 Å². The van der Waals surface area contributed by atoms with E-state index in [0.717, 1.165) is 31.5 Å². The van der Waals surface area contributed by atoms with Crippen LogP contribution in [0, 0.1) is 23.0 Å². The zero-order chi connectivity index (χ0) is 56.2. The second-order valence-electron chi connectivity index (χ2n) is 21.5. The average Bonchev–Trinajstić information content (AvgIpc) is 4.03. The van der Waals surface area contributed by atoms with Gasteiger partial charge in [0.05, 0.1) is 41.6 Å². The first-order valence-corrected chi connectivity index (χ1v) is 25.3. The summed E-state index contributed by atoms with van der Waals surface area (Å²) in [6, 6.07) is 4.74. The van der Waals surface area contributed by atoms with E-state index in [1.165, 1.54) is 42.7 Å². The number of hydrogen-bond donors (Lipinski definition) is 2. The number of thiophene rings is 1. The van der Waals surface area contributed by atoms with Gasteiger partial charge in [-0.15, -0.1) is 17.9 Å². The van der Waals surface area contributed by atoms with Crippen molar-refractivity contribution < 1.29 is 64.9 Å². The van der Waals surface area contributed by atoms with Crippen LogP contribution in [0.5, 0.6) is 11.8 Å². The van der Waals surface area contributed by atoms with E-state index in [2.05, 4.69) is 37.2 Å². The number of hydroxylamine groups is 1. The van der Waals surface area contributed by atoms with Gasteiger partial charge < -0.3 is 33.4 Å². The molecule has 3 aliphatic heterocycles. The quantitative estimate of drug-likeness (QED) is 0.0415. The van der Waals surface area contributed by atoms with Gasteiger partial charge in [-0.25, -0.2) is 28.1 Å². The largest absolute Gasteiger partial charge is 0.490 e. The minimum absolute atomic E-state index is 0.0287. The van der Waals surface area contributed by atoms with Crippen molar-refractivity contribution in [3.63, 3.8) is 0 Å². The van der Waals surface area contributed by atoms with Crippen LogP contribution in [0.25, 0.3) is 32.1 Å². The lowest BCUT2D eigenvalue weighted by Gasteiger charge is -2.33. The molecule has 3 aliphatic rings. The van der Waals surface area contributed by atoms with Crippen molar-refractivity contribution in [2.75, 3.05) is 48.5 Å². The number of ether oxygens (including phenoxy) is 5. The van der Waals surface area contributed by atoms with E-state index < -0.39 is 121 Å². The number of alkyl halides is 3. The third-order valence-electron chi connectivity index (χ3n) is 12.5. The van der Waals surface area contributed by atoms with Gasteiger partial charge in [0.2, 0.25) is 0 Å². The zero-order valence-corrected chi connectivity index (χ0v) is 44.8. The van der Waals surface area contributed by atoms with Crippen LogP contribution in [0.2, 0.25) is 0 Å². The number of amides is 3. The van der Waals surface area contributed by atoms with E-state index in [1.807, 2.05) is 12.1 Å². The fourth-order valence-corrected chi connectivity index (χ4v) is 10.9. The molecule has 3 atom stereocenters. The van der Waals surface area contributed by atoms with Crippen LogP contribution < -0.4 is 30.1 Å². The van der Waals surface area contributed by atoms with Gasteiger partial charge in [-0.3, -0.25) is 10.2 Å². The molecule has 3 aromatic heterocycles. The number of halogens is 5. The molecular weight excluding hydrogens is 1030 g/mol. The van der Waals surface area contributed by atoms with E-state index >= 15 is 22.0 Å². The normalized spacial score (nSPS) is 18.4. The second kappa shape index (κ2) is 21.0. The Kier molecular flexibility index (Phi) is 15.3. The third kappa shape index (κ3) is 11.4. The number of anilines is 3. The van der Waals surface area contributed by atoms with Gasteiger partial charge in [0.1, 0.15) is 62.9 Å². The first-order valence-electron chi connectivity index (χ1n) is 24.5. The van der Waals surface area contributed by atoms with Gasteiger partial charge in [-0.05, 0) is 112 Å². The first-order chi connectivity index (χ1) is 36.1. The molecule has 2 saturated heterocycles. The van der Waals surface area contributed by atoms with Crippen LogP contribution in [0.3, 0.4) is 0 Å². The van der Waals surface area contributed by atoms with Crippen molar-refractivity contribution in [3.8, 4) is 29.0 Å².